The number of nitrogens with two attached hydrogens (primary N) is 1. The van der Waals surface area contributed by atoms with Crippen LogP contribution < -0.4 is 10.5 Å². The average molecular weight is 264 g/mol. The van der Waals surface area contributed by atoms with Gasteiger partial charge in [-0.2, -0.15) is 0 Å². The lowest BCUT2D eigenvalue weighted by Gasteiger charge is -2.22. The van der Waals surface area contributed by atoms with Crippen molar-refractivity contribution in [1.82, 2.24) is 4.90 Å². The van der Waals surface area contributed by atoms with Gasteiger partial charge in [0.25, 0.3) is 5.91 Å². The molecule has 0 saturated heterocycles. The number of hydrogen-bond donors (Lipinski definition) is 1. The standard InChI is InChI=1S/C15H24N2O2/c1-5-13(16)12-8-6-7-9-14(12)19-10-15(18)17(4)11(2)3/h6-9,11,13H,5,10,16H2,1-4H3/t13-/m0/s1. The molecule has 0 aliphatic rings. The van der Waals surface area contributed by atoms with E-state index in [-0.39, 0.29) is 24.6 Å². The van der Waals surface area contributed by atoms with Crippen molar-refractivity contribution in [3.8, 4) is 5.75 Å². The van der Waals surface area contributed by atoms with Crippen LogP contribution >= 0.6 is 0 Å². The molecule has 0 fully saturated rings. The lowest BCUT2D eigenvalue weighted by Crippen LogP contribution is -2.36. The summed E-state index contributed by atoms with van der Waals surface area (Å²) in [7, 11) is 1.78. The van der Waals surface area contributed by atoms with Gasteiger partial charge in [0.1, 0.15) is 5.75 Å². The molecule has 0 aromatic heterocycles. The van der Waals surface area contributed by atoms with Crippen LogP contribution in [-0.4, -0.2) is 30.5 Å². The third-order valence-electron chi connectivity index (χ3n) is 3.28. The molecular weight excluding hydrogens is 240 g/mol. The molecule has 106 valence electrons. The lowest BCUT2D eigenvalue weighted by molar-refractivity contribution is -0.133. The van der Waals surface area contributed by atoms with Gasteiger partial charge < -0.3 is 15.4 Å². The SMILES string of the molecule is CC[C@H](N)c1ccccc1OCC(=O)N(C)C(C)C. The van der Waals surface area contributed by atoms with E-state index in [4.69, 9.17) is 10.5 Å². The fraction of sp³-hybridized carbons (Fsp3) is 0.533. The van der Waals surface area contributed by atoms with E-state index in [0.29, 0.717) is 5.75 Å². The fourth-order valence-electron chi connectivity index (χ4n) is 1.67. The van der Waals surface area contributed by atoms with E-state index in [0.717, 1.165) is 12.0 Å². The number of benzene rings is 1. The first-order chi connectivity index (χ1) is 8.97. The molecule has 0 aliphatic carbocycles. The molecule has 0 saturated carbocycles. The second-order valence-corrected chi connectivity index (χ2v) is 4.94. The number of para-hydroxylation sites is 1. The smallest absolute Gasteiger partial charge is 0.260 e. The molecule has 0 aliphatic heterocycles. The van der Waals surface area contributed by atoms with Crippen LogP contribution in [-0.2, 0) is 4.79 Å². The maximum atomic E-state index is 11.9. The monoisotopic (exact) mass is 264 g/mol. The van der Waals surface area contributed by atoms with Gasteiger partial charge in [0.2, 0.25) is 0 Å². The highest BCUT2D eigenvalue weighted by atomic mass is 16.5. The average Bonchev–Trinajstić information content (AvgIpc) is 2.43. The summed E-state index contributed by atoms with van der Waals surface area (Å²) in [6, 6.07) is 7.73. The van der Waals surface area contributed by atoms with Crippen molar-refractivity contribution < 1.29 is 9.53 Å². The second kappa shape index (κ2) is 7.14. The Kier molecular flexibility index (Phi) is 5.83. The molecule has 4 heteroatoms. The van der Waals surface area contributed by atoms with Gasteiger partial charge in [-0.05, 0) is 26.3 Å². The zero-order valence-corrected chi connectivity index (χ0v) is 12.2. The van der Waals surface area contributed by atoms with Crippen molar-refractivity contribution in [2.24, 2.45) is 5.73 Å². The van der Waals surface area contributed by atoms with Crippen LogP contribution in [0, 0.1) is 0 Å². The first-order valence-corrected chi connectivity index (χ1v) is 6.70. The van der Waals surface area contributed by atoms with Crippen LogP contribution in [0.2, 0.25) is 0 Å². The molecule has 1 atom stereocenters. The summed E-state index contributed by atoms with van der Waals surface area (Å²) in [5, 5.41) is 0. The van der Waals surface area contributed by atoms with Gasteiger partial charge in [-0.3, -0.25) is 4.79 Å². The Morgan fingerprint density at radius 2 is 2.00 bits per heavy atom. The number of amides is 1. The fourth-order valence-corrected chi connectivity index (χ4v) is 1.67. The summed E-state index contributed by atoms with van der Waals surface area (Å²) in [5.74, 6) is 0.664. The Balaban J connectivity index is 2.70. The van der Waals surface area contributed by atoms with E-state index < -0.39 is 0 Å². The summed E-state index contributed by atoms with van der Waals surface area (Å²) in [4.78, 5) is 13.5. The molecule has 1 rings (SSSR count). The van der Waals surface area contributed by atoms with Crippen LogP contribution in [0.4, 0.5) is 0 Å². The van der Waals surface area contributed by atoms with Crippen molar-refractivity contribution in [3.63, 3.8) is 0 Å². The zero-order valence-electron chi connectivity index (χ0n) is 12.2. The molecule has 0 bridgehead atoms. The predicted octanol–water partition coefficient (Wildman–Crippen LogP) is 2.34. The van der Waals surface area contributed by atoms with Crippen LogP contribution in [0.15, 0.2) is 24.3 Å². The van der Waals surface area contributed by atoms with Gasteiger partial charge in [-0.1, -0.05) is 25.1 Å². The molecule has 4 nitrogen and oxygen atoms in total. The highest BCUT2D eigenvalue weighted by Crippen LogP contribution is 2.25. The predicted molar refractivity (Wildman–Crippen MR) is 77.1 cm³/mol. The summed E-state index contributed by atoms with van der Waals surface area (Å²) in [6.45, 7) is 6.01. The zero-order chi connectivity index (χ0) is 14.4. The van der Waals surface area contributed by atoms with Gasteiger partial charge in [-0.25, -0.2) is 0 Å². The minimum Gasteiger partial charge on any atom is -0.483 e. The number of carbonyl (C=O) groups excluding carboxylic acids is 1. The number of hydrogen-bond acceptors (Lipinski definition) is 3. The Bertz CT molecular complexity index is 418. The Morgan fingerprint density at radius 1 is 1.37 bits per heavy atom. The molecule has 0 unspecified atom stereocenters. The Hall–Kier alpha value is -1.55. The molecule has 1 aromatic rings. The van der Waals surface area contributed by atoms with Crippen molar-refractivity contribution in [1.29, 1.82) is 0 Å². The van der Waals surface area contributed by atoms with Gasteiger partial charge in [0, 0.05) is 24.7 Å². The van der Waals surface area contributed by atoms with Crippen molar-refractivity contribution in [2.75, 3.05) is 13.7 Å². The number of carbonyl (C=O) groups is 1. The summed E-state index contributed by atoms with van der Waals surface area (Å²) < 4.78 is 5.62. The normalized spacial score (nSPS) is 12.3. The molecule has 0 spiro atoms. The molecule has 19 heavy (non-hydrogen) atoms. The topological polar surface area (TPSA) is 55.6 Å². The molecular formula is C15H24N2O2. The van der Waals surface area contributed by atoms with E-state index in [2.05, 4.69) is 0 Å². The third-order valence-corrected chi connectivity index (χ3v) is 3.28. The molecule has 0 heterocycles. The largest absolute Gasteiger partial charge is 0.483 e. The first-order valence-electron chi connectivity index (χ1n) is 6.70. The number of likely N-dealkylation sites (N-methyl/N-ethyl adjacent to an activating group) is 1. The van der Waals surface area contributed by atoms with Crippen LogP contribution in [0.1, 0.15) is 38.8 Å². The van der Waals surface area contributed by atoms with E-state index in [1.807, 2.05) is 45.0 Å². The summed E-state index contributed by atoms with van der Waals surface area (Å²) in [6.07, 6.45) is 0.834. The highest BCUT2D eigenvalue weighted by Gasteiger charge is 2.15. The van der Waals surface area contributed by atoms with Gasteiger partial charge in [-0.15, -0.1) is 0 Å². The van der Waals surface area contributed by atoms with Crippen molar-refractivity contribution in [2.45, 2.75) is 39.3 Å². The summed E-state index contributed by atoms with van der Waals surface area (Å²) >= 11 is 0. The number of ether oxygens (including phenoxy) is 1. The van der Waals surface area contributed by atoms with Crippen LogP contribution in [0.3, 0.4) is 0 Å². The van der Waals surface area contributed by atoms with E-state index in [1.54, 1.807) is 11.9 Å². The second-order valence-electron chi connectivity index (χ2n) is 4.94. The van der Waals surface area contributed by atoms with Gasteiger partial charge >= 0.3 is 0 Å². The maximum Gasteiger partial charge on any atom is 0.260 e. The third kappa shape index (κ3) is 4.24. The quantitative estimate of drug-likeness (QED) is 0.858. The van der Waals surface area contributed by atoms with Crippen LogP contribution in [0.5, 0.6) is 5.75 Å². The minimum atomic E-state index is -0.0610. The Morgan fingerprint density at radius 3 is 2.58 bits per heavy atom. The van der Waals surface area contributed by atoms with E-state index >= 15 is 0 Å². The first kappa shape index (κ1) is 15.5. The minimum absolute atomic E-state index is 0.0325. The maximum absolute atomic E-state index is 11.9. The van der Waals surface area contributed by atoms with Crippen molar-refractivity contribution in [3.05, 3.63) is 29.8 Å². The molecule has 1 aromatic carbocycles. The van der Waals surface area contributed by atoms with Crippen molar-refractivity contribution >= 4 is 5.91 Å². The van der Waals surface area contributed by atoms with E-state index in [9.17, 15) is 4.79 Å². The van der Waals surface area contributed by atoms with Gasteiger partial charge in [0.05, 0.1) is 0 Å². The molecule has 0 radical (unpaired) electrons. The van der Waals surface area contributed by atoms with Crippen LogP contribution in [0.25, 0.3) is 0 Å². The molecule has 1 amide bonds. The van der Waals surface area contributed by atoms with E-state index in [1.165, 1.54) is 0 Å². The number of nitrogens with zero attached hydrogens (tertiary/aromatic N) is 1. The van der Waals surface area contributed by atoms with Gasteiger partial charge in [0.15, 0.2) is 6.61 Å². The Labute approximate surface area is 115 Å². The molecule has 2 N–H and O–H groups in total. The lowest BCUT2D eigenvalue weighted by atomic mass is 10.0. The summed E-state index contributed by atoms with van der Waals surface area (Å²) in [5.41, 5.74) is 6.98. The number of rotatable bonds is 6. The highest BCUT2D eigenvalue weighted by molar-refractivity contribution is 5.77.